The minimum Gasteiger partial charge on any atom is -0.466 e. The summed E-state index contributed by atoms with van der Waals surface area (Å²) < 4.78 is 31.2. The molecule has 0 unspecified atom stereocenters. The first-order chi connectivity index (χ1) is 8.19. The molecule has 0 amide bonds. The van der Waals surface area contributed by atoms with E-state index in [9.17, 15) is 8.78 Å². The fourth-order valence-corrected chi connectivity index (χ4v) is 1.64. The number of nitrogens with two attached hydrogens (primary N) is 1. The fraction of sp³-hybridized carbons (Fsp3) is 0.231. The Morgan fingerprint density at radius 1 is 1.00 bits per heavy atom. The summed E-state index contributed by atoms with van der Waals surface area (Å²) in [6.07, 6.45) is 1.12. The molecule has 4 heteroatoms. The Labute approximate surface area is 98.0 Å². The summed E-state index contributed by atoms with van der Waals surface area (Å²) >= 11 is 0. The van der Waals surface area contributed by atoms with Gasteiger partial charge >= 0.3 is 0 Å². The van der Waals surface area contributed by atoms with Crippen molar-refractivity contribution in [1.82, 2.24) is 0 Å². The summed E-state index contributed by atoms with van der Waals surface area (Å²) in [5.41, 5.74) is 6.09. The highest BCUT2D eigenvalue weighted by atomic mass is 19.2. The van der Waals surface area contributed by atoms with Crippen LogP contribution in [0.5, 0.6) is 0 Å². The summed E-state index contributed by atoms with van der Waals surface area (Å²) in [7, 11) is 0. The highest BCUT2D eigenvalue weighted by Gasteiger charge is 2.06. The first-order valence-electron chi connectivity index (χ1n) is 5.40. The van der Waals surface area contributed by atoms with E-state index in [1.54, 1.807) is 6.07 Å². The summed E-state index contributed by atoms with van der Waals surface area (Å²) in [6, 6.07) is 7.52. The van der Waals surface area contributed by atoms with Crippen molar-refractivity contribution in [2.24, 2.45) is 5.73 Å². The normalized spacial score (nSPS) is 10.8. The van der Waals surface area contributed by atoms with Gasteiger partial charge in [0.2, 0.25) is 0 Å². The monoisotopic (exact) mass is 237 g/mol. The predicted octanol–water partition coefficient (Wildman–Crippen LogP) is 2.65. The standard InChI is InChI=1S/C13H13F2NO/c14-12-4-1-9(8-13(12)15)7-11-3-2-10(17-11)5-6-16/h1-4,8H,5-7,16H2. The highest BCUT2D eigenvalue weighted by molar-refractivity contribution is 5.23. The van der Waals surface area contributed by atoms with E-state index in [1.807, 2.05) is 12.1 Å². The average molecular weight is 237 g/mol. The maximum absolute atomic E-state index is 13.0. The average Bonchev–Trinajstić information content (AvgIpc) is 2.72. The summed E-state index contributed by atoms with van der Waals surface area (Å²) in [5.74, 6) is -0.141. The lowest BCUT2D eigenvalue weighted by Crippen LogP contribution is -2.01. The second-order valence-corrected chi connectivity index (χ2v) is 3.83. The van der Waals surface area contributed by atoms with E-state index in [0.29, 0.717) is 24.9 Å². The molecule has 0 aliphatic carbocycles. The maximum atomic E-state index is 13.0. The van der Waals surface area contributed by atoms with Gasteiger partial charge in [0.15, 0.2) is 11.6 Å². The number of hydrogen-bond donors (Lipinski definition) is 1. The molecule has 2 aromatic rings. The molecule has 90 valence electrons. The molecule has 1 aromatic carbocycles. The summed E-state index contributed by atoms with van der Waals surface area (Å²) in [4.78, 5) is 0. The van der Waals surface area contributed by atoms with Crippen LogP contribution in [0, 0.1) is 11.6 Å². The molecule has 17 heavy (non-hydrogen) atoms. The minimum absolute atomic E-state index is 0.446. The van der Waals surface area contributed by atoms with Crippen LogP contribution in [0.1, 0.15) is 17.1 Å². The van der Waals surface area contributed by atoms with Crippen molar-refractivity contribution in [3.8, 4) is 0 Å². The van der Waals surface area contributed by atoms with Gasteiger partial charge in [0.05, 0.1) is 0 Å². The number of benzene rings is 1. The molecule has 0 aliphatic heterocycles. The predicted molar refractivity (Wildman–Crippen MR) is 60.6 cm³/mol. The first-order valence-corrected chi connectivity index (χ1v) is 5.40. The molecule has 2 rings (SSSR count). The number of halogens is 2. The number of rotatable bonds is 4. The molecule has 0 saturated carbocycles. The molecular formula is C13H13F2NO. The lowest BCUT2D eigenvalue weighted by Gasteiger charge is -2.00. The third kappa shape index (κ3) is 2.91. The van der Waals surface area contributed by atoms with E-state index in [2.05, 4.69) is 0 Å². The Morgan fingerprint density at radius 3 is 2.47 bits per heavy atom. The first kappa shape index (κ1) is 11.8. The molecule has 0 radical (unpaired) electrons. The van der Waals surface area contributed by atoms with Crippen LogP contribution in [0.3, 0.4) is 0 Å². The van der Waals surface area contributed by atoms with Crippen LogP contribution in [0.2, 0.25) is 0 Å². The third-order valence-corrected chi connectivity index (χ3v) is 2.47. The van der Waals surface area contributed by atoms with Gasteiger partial charge in [-0.1, -0.05) is 6.07 Å². The zero-order chi connectivity index (χ0) is 12.3. The van der Waals surface area contributed by atoms with Gasteiger partial charge in [-0.25, -0.2) is 8.78 Å². The number of hydrogen-bond acceptors (Lipinski definition) is 2. The van der Waals surface area contributed by atoms with Crippen molar-refractivity contribution in [3.05, 3.63) is 59.1 Å². The van der Waals surface area contributed by atoms with Crippen LogP contribution in [0.25, 0.3) is 0 Å². The van der Waals surface area contributed by atoms with Gasteiger partial charge in [-0.05, 0) is 36.4 Å². The van der Waals surface area contributed by atoms with E-state index >= 15 is 0 Å². The van der Waals surface area contributed by atoms with Crippen LogP contribution >= 0.6 is 0 Å². The van der Waals surface area contributed by atoms with Gasteiger partial charge in [0, 0.05) is 12.8 Å². The van der Waals surface area contributed by atoms with E-state index < -0.39 is 11.6 Å². The topological polar surface area (TPSA) is 39.2 Å². The van der Waals surface area contributed by atoms with Crippen LogP contribution in [-0.2, 0) is 12.8 Å². The number of furan rings is 1. The minimum atomic E-state index is -0.837. The van der Waals surface area contributed by atoms with Gasteiger partial charge in [-0.2, -0.15) is 0 Å². The smallest absolute Gasteiger partial charge is 0.159 e. The maximum Gasteiger partial charge on any atom is 0.159 e. The Hall–Kier alpha value is -1.68. The van der Waals surface area contributed by atoms with Crippen molar-refractivity contribution in [2.75, 3.05) is 6.54 Å². The molecule has 1 aromatic heterocycles. The lowest BCUT2D eigenvalue weighted by atomic mass is 10.1. The van der Waals surface area contributed by atoms with E-state index in [-0.39, 0.29) is 0 Å². The van der Waals surface area contributed by atoms with Crippen LogP contribution in [-0.4, -0.2) is 6.54 Å². The van der Waals surface area contributed by atoms with E-state index in [1.165, 1.54) is 6.07 Å². The second kappa shape index (κ2) is 5.10. The lowest BCUT2D eigenvalue weighted by molar-refractivity contribution is 0.472. The van der Waals surface area contributed by atoms with E-state index in [0.717, 1.165) is 17.6 Å². The van der Waals surface area contributed by atoms with Crippen molar-refractivity contribution in [3.63, 3.8) is 0 Å². The Kier molecular flexibility index (Phi) is 3.54. The van der Waals surface area contributed by atoms with Gasteiger partial charge in [-0.15, -0.1) is 0 Å². The molecule has 1 heterocycles. The molecule has 0 fully saturated rings. The molecular weight excluding hydrogens is 224 g/mol. The Bertz CT molecular complexity index is 508. The molecule has 0 saturated heterocycles. The summed E-state index contributed by atoms with van der Waals surface area (Å²) in [6.45, 7) is 0.526. The molecule has 0 spiro atoms. The fourth-order valence-electron chi connectivity index (χ4n) is 1.64. The van der Waals surface area contributed by atoms with Gasteiger partial charge in [0.25, 0.3) is 0 Å². The van der Waals surface area contributed by atoms with Crippen LogP contribution in [0.4, 0.5) is 8.78 Å². The van der Waals surface area contributed by atoms with Gasteiger partial charge in [-0.3, -0.25) is 0 Å². The Morgan fingerprint density at radius 2 is 1.76 bits per heavy atom. The molecule has 0 atom stereocenters. The zero-order valence-corrected chi connectivity index (χ0v) is 9.25. The van der Waals surface area contributed by atoms with Crippen molar-refractivity contribution in [2.45, 2.75) is 12.8 Å². The Balaban J connectivity index is 2.11. The molecule has 2 nitrogen and oxygen atoms in total. The molecule has 0 bridgehead atoms. The molecule has 0 aliphatic rings. The van der Waals surface area contributed by atoms with Gasteiger partial charge in [0.1, 0.15) is 11.5 Å². The van der Waals surface area contributed by atoms with Crippen LogP contribution in [0.15, 0.2) is 34.7 Å². The zero-order valence-electron chi connectivity index (χ0n) is 9.25. The van der Waals surface area contributed by atoms with Crippen LogP contribution < -0.4 is 5.73 Å². The van der Waals surface area contributed by atoms with E-state index in [4.69, 9.17) is 10.2 Å². The largest absolute Gasteiger partial charge is 0.466 e. The van der Waals surface area contributed by atoms with Crippen molar-refractivity contribution < 1.29 is 13.2 Å². The highest BCUT2D eigenvalue weighted by Crippen LogP contribution is 2.15. The quantitative estimate of drug-likeness (QED) is 0.887. The second-order valence-electron chi connectivity index (χ2n) is 3.83. The molecule has 2 N–H and O–H groups in total. The SMILES string of the molecule is NCCc1ccc(Cc2ccc(F)c(F)c2)o1. The third-order valence-electron chi connectivity index (χ3n) is 2.47. The van der Waals surface area contributed by atoms with Crippen molar-refractivity contribution >= 4 is 0 Å². The summed E-state index contributed by atoms with van der Waals surface area (Å²) in [5, 5.41) is 0. The van der Waals surface area contributed by atoms with Crippen molar-refractivity contribution in [1.29, 1.82) is 0 Å². The van der Waals surface area contributed by atoms with Gasteiger partial charge < -0.3 is 10.2 Å².